The highest BCUT2D eigenvalue weighted by molar-refractivity contribution is 6.28. The number of hydrogen-bond acceptors (Lipinski definition) is 5. The first-order chi connectivity index (χ1) is 10.1. The van der Waals surface area contributed by atoms with Gasteiger partial charge in [-0.25, -0.2) is 0 Å². The number of aromatic nitrogens is 3. The Morgan fingerprint density at radius 3 is 2.24 bits per heavy atom. The molecule has 0 unspecified atom stereocenters. The van der Waals surface area contributed by atoms with Gasteiger partial charge in [-0.1, -0.05) is 37.3 Å². The van der Waals surface area contributed by atoms with E-state index in [2.05, 4.69) is 58.5 Å². The van der Waals surface area contributed by atoms with Crippen LogP contribution < -0.4 is 10.6 Å². The summed E-state index contributed by atoms with van der Waals surface area (Å²) < 4.78 is 0. The van der Waals surface area contributed by atoms with Crippen LogP contribution in [0.3, 0.4) is 0 Å². The molecule has 1 heterocycles. The number of hydrogen-bond donors (Lipinski definition) is 2. The fraction of sp³-hybridized carbons (Fsp3) is 0.400. The van der Waals surface area contributed by atoms with Crippen LogP contribution in [0.15, 0.2) is 30.3 Å². The Hall–Kier alpha value is -1.88. The molecule has 0 amide bonds. The number of benzene rings is 1. The summed E-state index contributed by atoms with van der Waals surface area (Å²) in [4.78, 5) is 12.6. The molecule has 21 heavy (non-hydrogen) atoms. The Morgan fingerprint density at radius 1 is 1.00 bits per heavy atom. The Bertz CT molecular complexity index is 576. The third-order valence-corrected chi connectivity index (χ3v) is 3.41. The van der Waals surface area contributed by atoms with Crippen molar-refractivity contribution in [2.24, 2.45) is 0 Å². The van der Waals surface area contributed by atoms with Crippen molar-refractivity contribution in [3.8, 4) is 0 Å². The van der Waals surface area contributed by atoms with Gasteiger partial charge in [0.2, 0.25) is 17.2 Å². The second-order valence-corrected chi connectivity index (χ2v) is 5.32. The van der Waals surface area contributed by atoms with Crippen LogP contribution in [0.25, 0.3) is 0 Å². The van der Waals surface area contributed by atoms with Gasteiger partial charge in [0.1, 0.15) is 0 Å². The van der Waals surface area contributed by atoms with Crippen LogP contribution in [0.2, 0.25) is 5.28 Å². The minimum absolute atomic E-state index is 0.0844. The molecule has 1 aromatic heterocycles. The van der Waals surface area contributed by atoms with Crippen LogP contribution in [0.5, 0.6) is 0 Å². The predicted molar refractivity (Wildman–Crippen MR) is 86.7 cm³/mol. The molecule has 1 aromatic carbocycles. The Labute approximate surface area is 130 Å². The predicted octanol–water partition coefficient (Wildman–Crippen LogP) is 3.91. The smallest absolute Gasteiger partial charge is 0.229 e. The van der Waals surface area contributed by atoms with E-state index in [1.165, 1.54) is 0 Å². The van der Waals surface area contributed by atoms with Gasteiger partial charge in [-0.3, -0.25) is 0 Å². The molecule has 0 spiro atoms. The van der Waals surface area contributed by atoms with Crippen LogP contribution in [-0.4, -0.2) is 21.0 Å². The monoisotopic (exact) mass is 305 g/mol. The Morgan fingerprint density at radius 2 is 1.62 bits per heavy atom. The molecule has 0 aliphatic rings. The van der Waals surface area contributed by atoms with Crippen LogP contribution in [-0.2, 0) is 0 Å². The molecule has 2 N–H and O–H groups in total. The highest BCUT2D eigenvalue weighted by Gasteiger charge is 2.10. The molecule has 0 bridgehead atoms. The number of nitrogens with one attached hydrogen (secondary N) is 2. The fourth-order valence-electron chi connectivity index (χ4n) is 1.82. The van der Waals surface area contributed by atoms with E-state index >= 15 is 0 Å². The zero-order valence-electron chi connectivity index (χ0n) is 12.5. The van der Waals surface area contributed by atoms with E-state index in [0.717, 1.165) is 12.0 Å². The summed E-state index contributed by atoms with van der Waals surface area (Å²) in [7, 11) is 0. The maximum Gasteiger partial charge on any atom is 0.229 e. The first-order valence-corrected chi connectivity index (χ1v) is 7.46. The topological polar surface area (TPSA) is 62.7 Å². The SMILES string of the molecule is CC[C@H](C)Nc1nc(Cl)nc(N[C@@H](C)c2ccccc2)n1. The lowest BCUT2D eigenvalue weighted by Crippen LogP contribution is -2.17. The zero-order valence-corrected chi connectivity index (χ0v) is 13.2. The quantitative estimate of drug-likeness (QED) is 0.847. The molecule has 0 saturated carbocycles. The van der Waals surface area contributed by atoms with Crippen molar-refractivity contribution in [3.63, 3.8) is 0 Å². The molecular formula is C15H20ClN5. The lowest BCUT2D eigenvalue weighted by atomic mass is 10.1. The van der Waals surface area contributed by atoms with E-state index in [0.29, 0.717) is 11.9 Å². The molecule has 5 nitrogen and oxygen atoms in total. The molecule has 0 radical (unpaired) electrons. The third-order valence-electron chi connectivity index (χ3n) is 3.24. The average molecular weight is 306 g/mol. The van der Waals surface area contributed by atoms with Gasteiger partial charge in [0, 0.05) is 6.04 Å². The second kappa shape index (κ2) is 7.22. The van der Waals surface area contributed by atoms with E-state index in [9.17, 15) is 0 Å². The molecule has 0 fully saturated rings. The zero-order chi connectivity index (χ0) is 15.2. The minimum atomic E-state index is 0.0844. The van der Waals surface area contributed by atoms with Crippen molar-refractivity contribution in [2.45, 2.75) is 39.3 Å². The molecule has 0 saturated heterocycles. The molecule has 2 atom stereocenters. The summed E-state index contributed by atoms with van der Waals surface area (Å²) in [5, 5.41) is 6.62. The Kier molecular flexibility index (Phi) is 5.33. The van der Waals surface area contributed by atoms with Crippen molar-refractivity contribution in [3.05, 3.63) is 41.2 Å². The van der Waals surface area contributed by atoms with Gasteiger partial charge in [0.25, 0.3) is 0 Å². The van der Waals surface area contributed by atoms with Gasteiger partial charge in [0.15, 0.2) is 0 Å². The minimum Gasteiger partial charge on any atom is -0.352 e. The van der Waals surface area contributed by atoms with Crippen molar-refractivity contribution < 1.29 is 0 Å². The summed E-state index contributed by atoms with van der Waals surface area (Å²) in [6.07, 6.45) is 0.979. The summed E-state index contributed by atoms with van der Waals surface area (Å²) >= 11 is 5.96. The number of anilines is 2. The maximum absolute atomic E-state index is 5.96. The standard InChI is InChI=1S/C15H20ClN5/c1-4-10(2)17-14-19-13(16)20-15(21-14)18-11(3)12-8-6-5-7-9-12/h5-11H,4H2,1-3H3,(H2,17,18,19,20,21)/t10-,11-/m0/s1. The van der Waals surface area contributed by atoms with Gasteiger partial charge < -0.3 is 10.6 Å². The lowest BCUT2D eigenvalue weighted by molar-refractivity contribution is 0.749. The van der Waals surface area contributed by atoms with Crippen molar-refractivity contribution in [1.29, 1.82) is 0 Å². The van der Waals surface area contributed by atoms with E-state index in [1.54, 1.807) is 0 Å². The van der Waals surface area contributed by atoms with Gasteiger partial charge >= 0.3 is 0 Å². The third kappa shape index (κ3) is 4.56. The molecule has 112 valence electrons. The molecule has 6 heteroatoms. The summed E-state index contributed by atoms with van der Waals surface area (Å²) in [5.74, 6) is 0.962. The molecule has 0 aliphatic carbocycles. The molecular weight excluding hydrogens is 286 g/mol. The van der Waals surface area contributed by atoms with Gasteiger partial charge in [0.05, 0.1) is 6.04 Å². The van der Waals surface area contributed by atoms with Crippen LogP contribution in [0.1, 0.15) is 38.8 Å². The average Bonchev–Trinajstić information content (AvgIpc) is 2.47. The number of rotatable bonds is 6. The number of halogens is 1. The molecule has 2 rings (SSSR count). The Balaban J connectivity index is 2.12. The van der Waals surface area contributed by atoms with Crippen molar-refractivity contribution in [2.75, 3.05) is 10.6 Å². The largest absolute Gasteiger partial charge is 0.352 e. The van der Waals surface area contributed by atoms with Crippen LogP contribution in [0.4, 0.5) is 11.9 Å². The summed E-state index contributed by atoms with van der Waals surface area (Å²) in [5.41, 5.74) is 1.16. The normalized spacial score (nSPS) is 13.5. The number of nitrogens with zero attached hydrogens (tertiary/aromatic N) is 3. The lowest BCUT2D eigenvalue weighted by Gasteiger charge is -2.16. The van der Waals surface area contributed by atoms with Crippen LogP contribution in [0, 0.1) is 0 Å². The van der Waals surface area contributed by atoms with Crippen LogP contribution >= 0.6 is 11.6 Å². The van der Waals surface area contributed by atoms with Gasteiger partial charge in [-0.15, -0.1) is 0 Å². The van der Waals surface area contributed by atoms with Gasteiger partial charge in [-0.2, -0.15) is 15.0 Å². The highest BCUT2D eigenvalue weighted by atomic mass is 35.5. The van der Waals surface area contributed by atoms with Crippen molar-refractivity contribution >= 4 is 23.5 Å². The van der Waals surface area contributed by atoms with E-state index in [-0.39, 0.29) is 17.4 Å². The second-order valence-electron chi connectivity index (χ2n) is 4.98. The summed E-state index contributed by atoms with van der Waals surface area (Å²) in [6, 6.07) is 10.5. The summed E-state index contributed by atoms with van der Waals surface area (Å²) in [6.45, 7) is 6.21. The maximum atomic E-state index is 5.96. The molecule has 2 aromatic rings. The van der Waals surface area contributed by atoms with Crippen molar-refractivity contribution in [1.82, 2.24) is 15.0 Å². The molecule has 0 aliphatic heterocycles. The van der Waals surface area contributed by atoms with E-state index in [4.69, 9.17) is 11.6 Å². The first kappa shape index (κ1) is 15.5. The van der Waals surface area contributed by atoms with E-state index in [1.807, 2.05) is 18.2 Å². The van der Waals surface area contributed by atoms with Gasteiger partial charge in [-0.05, 0) is 37.4 Å². The highest BCUT2D eigenvalue weighted by Crippen LogP contribution is 2.18. The van der Waals surface area contributed by atoms with E-state index < -0.39 is 0 Å². The fourth-order valence-corrected chi connectivity index (χ4v) is 1.98. The first-order valence-electron chi connectivity index (χ1n) is 7.08.